The third-order valence-electron chi connectivity index (χ3n) is 6.00. The lowest BCUT2D eigenvalue weighted by atomic mass is 10.1. The van der Waals surface area contributed by atoms with Gasteiger partial charge in [0.2, 0.25) is 5.89 Å². The van der Waals surface area contributed by atoms with Crippen LogP contribution in [0.2, 0.25) is 0 Å². The minimum absolute atomic E-state index is 0.0122. The fraction of sp³-hybridized carbons (Fsp3) is 0.364. The van der Waals surface area contributed by atoms with E-state index in [-0.39, 0.29) is 28.6 Å². The Morgan fingerprint density at radius 3 is 2.53 bits per heavy atom. The first-order valence-electron chi connectivity index (χ1n) is 10.4. The van der Waals surface area contributed by atoms with E-state index in [1.165, 1.54) is 0 Å². The summed E-state index contributed by atoms with van der Waals surface area (Å²) in [7, 11) is 0. The molecular weight excluding hydrogens is 423 g/mol. The van der Waals surface area contributed by atoms with Gasteiger partial charge in [-0.3, -0.25) is 4.79 Å². The molecule has 32 heavy (non-hydrogen) atoms. The highest BCUT2D eigenvalue weighted by atomic mass is 19.4. The Labute approximate surface area is 180 Å². The van der Waals surface area contributed by atoms with E-state index in [9.17, 15) is 18.0 Å². The first kappa shape index (κ1) is 20.5. The van der Waals surface area contributed by atoms with E-state index in [4.69, 9.17) is 4.42 Å². The van der Waals surface area contributed by atoms with Crippen molar-refractivity contribution in [1.29, 1.82) is 0 Å². The van der Waals surface area contributed by atoms with E-state index in [0.717, 1.165) is 23.8 Å². The molecule has 4 aromatic rings. The van der Waals surface area contributed by atoms with Crippen LogP contribution >= 0.6 is 0 Å². The van der Waals surface area contributed by atoms with E-state index < -0.39 is 17.4 Å². The molecule has 7 nitrogen and oxygen atoms in total. The van der Waals surface area contributed by atoms with Crippen molar-refractivity contribution in [3.05, 3.63) is 58.0 Å². The summed E-state index contributed by atoms with van der Waals surface area (Å²) in [6.45, 7) is 3.74. The van der Waals surface area contributed by atoms with E-state index in [1.807, 2.05) is 0 Å². The lowest BCUT2D eigenvalue weighted by Gasteiger charge is -2.07. The topological polar surface area (TPSA) is 89.1 Å². The van der Waals surface area contributed by atoms with Gasteiger partial charge in [-0.05, 0) is 37.7 Å². The van der Waals surface area contributed by atoms with Gasteiger partial charge in [0.15, 0.2) is 5.69 Å². The van der Waals surface area contributed by atoms with Crippen LogP contribution in [0.1, 0.15) is 49.4 Å². The van der Waals surface area contributed by atoms with E-state index in [2.05, 4.69) is 27.2 Å². The van der Waals surface area contributed by atoms with Crippen molar-refractivity contribution in [1.82, 2.24) is 24.8 Å². The Bertz CT molecular complexity index is 1350. The maximum Gasteiger partial charge on any atom is 0.435 e. The van der Waals surface area contributed by atoms with Crippen LogP contribution in [0.25, 0.3) is 28.2 Å². The number of aryl methyl sites for hydroxylation is 1. The number of aromatic amines is 1. The van der Waals surface area contributed by atoms with Crippen LogP contribution in [0.4, 0.5) is 13.2 Å². The van der Waals surface area contributed by atoms with E-state index in [0.29, 0.717) is 23.1 Å². The number of nitrogens with one attached hydrogen (secondary N) is 1. The van der Waals surface area contributed by atoms with Gasteiger partial charge in [-0.25, -0.2) is 0 Å². The molecule has 0 spiro atoms. The number of benzene rings is 1. The second-order valence-electron chi connectivity index (χ2n) is 8.34. The van der Waals surface area contributed by atoms with Crippen LogP contribution in [0.3, 0.4) is 0 Å². The Balaban J connectivity index is 1.69. The number of hydrogen-bond acceptors (Lipinski definition) is 5. The highest BCUT2D eigenvalue weighted by Gasteiger charge is 2.39. The fourth-order valence-electron chi connectivity index (χ4n) is 4.45. The van der Waals surface area contributed by atoms with Crippen molar-refractivity contribution < 1.29 is 17.6 Å². The van der Waals surface area contributed by atoms with Gasteiger partial charge in [0.1, 0.15) is 11.2 Å². The molecule has 1 aliphatic rings. The van der Waals surface area contributed by atoms with Crippen molar-refractivity contribution in [3.63, 3.8) is 0 Å². The third kappa shape index (κ3) is 3.30. The number of alkyl halides is 3. The SMILES string of the molecule is Cc1[nH]c2c(-c3ccccc3)c(C(F)(F)F)nn2c(=O)c1-c1nnc(C2CCC(C)C2)o1. The summed E-state index contributed by atoms with van der Waals surface area (Å²) >= 11 is 0. The van der Waals surface area contributed by atoms with E-state index >= 15 is 0 Å². The summed E-state index contributed by atoms with van der Waals surface area (Å²) in [6, 6.07) is 8.04. The number of hydrogen-bond donors (Lipinski definition) is 1. The van der Waals surface area contributed by atoms with Gasteiger partial charge in [-0.15, -0.1) is 10.2 Å². The first-order valence-corrected chi connectivity index (χ1v) is 10.4. The van der Waals surface area contributed by atoms with Crippen molar-refractivity contribution in [2.24, 2.45) is 5.92 Å². The monoisotopic (exact) mass is 443 g/mol. The number of aromatic nitrogens is 5. The van der Waals surface area contributed by atoms with Crippen LogP contribution in [0.15, 0.2) is 39.5 Å². The standard InChI is InChI=1S/C22H20F3N5O2/c1-11-8-9-14(10-11)19-27-28-20(32-19)15-12(2)26-18-16(13-6-4-3-5-7-13)17(22(23,24)25)29-30(18)21(15)31/h3-7,11,14,26H,8-10H2,1-2H3. The van der Waals surface area contributed by atoms with Gasteiger partial charge in [0, 0.05) is 11.6 Å². The molecule has 166 valence electrons. The number of halogens is 3. The molecule has 3 aromatic heterocycles. The molecule has 0 radical (unpaired) electrons. The molecule has 1 fully saturated rings. The Hall–Kier alpha value is -3.43. The second kappa shape index (κ2) is 7.32. The highest BCUT2D eigenvalue weighted by Crippen LogP contribution is 2.39. The molecular formula is C22H20F3N5O2. The first-order chi connectivity index (χ1) is 15.2. The molecule has 0 saturated heterocycles. The molecule has 1 aliphatic carbocycles. The number of fused-ring (bicyclic) bond motifs is 1. The molecule has 2 unspecified atom stereocenters. The summed E-state index contributed by atoms with van der Waals surface area (Å²) in [5.74, 6) is 1.11. The molecule has 3 heterocycles. The summed E-state index contributed by atoms with van der Waals surface area (Å²) < 4.78 is 47.9. The zero-order valence-corrected chi connectivity index (χ0v) is 17.4. The maximum atomic E-state index is 13.8. The van der Waals surface area contributed by atoms with Crippen molar-refractivity contribution >= 4 is 5.65 Å². The predicted octanol–water partition coefficient (Wildman–Crippen LogP) is 4.97. The van der Waals surface area contributed by atoms with Crippen molar-refractivity contribution in [2.45, 2.75) is 45.2 Å². The van der Waals surface area contributed by atoms with Crippen LogP contribution in [-0.4, -0.2) is 24.8 Å². The average Bonchev–Trinajstić information content (AvgIpc) is 3.46. The van der Waals surface area contributed by atoms with Crippen molar-refractivity contribution in [2.75, 3.05) is 0 Å². The Morgan fingerprint density at radius 1 is 1.12 bits per heavy atom. The summed E-state index contributed by atoms with van der Waals surface area (Å²) in [5, 5.41) is 11.8. The molecule has 0 aliphatic heterocycles. The third-order valence-corrected chi connectivity index (χ3v) is 6.00. The maximum absolute atomic E-state index is 13.8. The van der Waals surface area contributed by atoms with Gasteiger partial charge in [0.25, 0.3) is 11.4 Å². The van der Waals surface area contributed by atoms with Gasteiger partial charge in [-0.2, -0.15) is 22.8 Å². The normalized spacial score (nSPS) is 19.2. The minimum atomic E-state index is -4.75. The predicted molar refractivity (Wildman–Crippen MR) is 110 cm³/mol. The molecule has 0 amide bonds. The van der Waals surface area contributed by atoms with Gasteiger partial charge in [0.05, 0.1) is 5.56 Å². The zero-order valence-electron chi connectivity index (χ0n) is 17.4. The minimum Gasteiger partial charge on any atom is -0.420 e. The van der Waals surface area contributed by atoms with Crippen molar-refractivity contribution in [3.8, 4) is 22.6 Å². The number of nitrogens with zero attached hydrogens (tertiary/aromatic N) is 4. The second-order valence-corrected chi connectivity index (χ2v) is 8.34. The number of H-pyrrole nitrogens is 1. The molecule has 5 rings (SSSR count). The molecule has 1 N–H and O–H groups in total. The molecule has 10 heteroatoms. The molecule has 2 atom stereocenters. The van der Waals surface area contributed by atoms with Crippen LogP contribution in [0.5, 0.6) is 0 Å². The zero-order chi connectivity index (χ0) is 22.6. The van der Waals surface area contributed by atoms with Crippen LogP contribution in [0, 0.1) is 12.8 Å². The smallest absolute Gasteiger partial charge is 0.420 e. The highest BCUT2D eigenvalue weighted by molar-refractivity contribution is 5.81. The summed E-state index contributed by atoms with van der Waals surface area (Å²) in [4.78, 5) is 16.2. The van der Waals surface area contributed by atoms with Gasteiger partial charge < -0.3 is 9.40 Å². The summed E-state index contributed by atoms with van der Waals surface area (Å²) in [6.07, 6.45) is -1.84. The Morgan fingerprint density at radius 2 is 1.88 bits per heavy atom. The van der Waals surface area contributed by atoms with Crippen LogP contribution < -0.4 is 5.56 Å². The van der Waals surface area contributed by atoms with Crippen LogP contribution in [-0.2, 0) is 6.18 Å². The summed E-state index contributed by atoms with van der Waals surface area (Å²) in [5.41, 5.74) is -1.48. The molecule has 1 saturated carbocycles. The quantitative estimate of drug-likeness (QED) is 0.483. The fourth-order valence-corrected chi connectivity index (χ4v) is 4.45. The van der Waals surface area contributed by atoms with E-state index in [1.54, 1.807) is 37.3 Å². The van der Waals surface area contributed by atoms with Gasteiger partial charge >= 0.3 is 6.18 Å². The number of rotatable bonds is 3. The lowest BCUT2D eigenvalue weighted by molar-refractivity contribution is -0.140. The molecule has 1 aromatic carbocycles. The van der Waals surface area contributed by atoms with Gasteiger partial charge in [-0.1, -0.05) is 37.3 Å². The molecule has 0 bridgehead atoms. The Kier molecular flexibility index (Phi) is 4.68. The average molecular weight is 443 g/mol. The largest absolute Gasteiger partial charge is 0.435 e. The lowest BCUT2D eigenvalue weighted by Crippen LogP contribution is -2.20.